The van der Waals surface area contributed by atoms with E-state index in [9.17, 15) is 16.8 Å². The Balaban J connectivity index is 4.15. The average molecular weight is 225 g/mol. The molecule has 7 heteroatoms. The molecule has 0 atom stereocenters. The molecule has 0 rings (SSSR count). The van der Waals surface area contributed by atoms with Gasteiger partial charge in [0.15, 0.2) is 0 Å². The Morgan fingerprint density at radius 1 is 1.23 bits per heavy atom. The van der Waals surface area contributed by atoms with Gasteiger partial charge >= 0.3 is 0 Å². The minimum absolute atomic E-state index is 0.119. The Bertz CT molecular complexity index is 387. The van der Waals surface area contributed by atoms with Crippen LogP contribution < -0.4 is 4.72 Å². The molecule has 0 saturated heterocycles. The van der Waals surface area contributed by atoms with Crippen LogP contribution in [-0.2, 0) is 19.9 Å². The second-order valence-corrected chi connectivity index (χ2v) is 6.66. The fourth-order valence-electron chi connectivity index (χ4n) is 0.485. The Labute approximate surface area is 78.5 Å². The number of sulfonamides is 1. The van der Waals surface area contributed by atoms with Gasteiger partial charge in [0.1, 0.15) is 9.84 Å². The molecule has 0 aliphatic heterocycles. The molecule has 0 aromatic carbocycles. The Kier molecular flexibility index (Phi) is 4.39. The SMILES string of the molecule is C#CCNS(=O)(=O)CCS(C)(=O)=O. The summed E-state index contributed by atoms with van der Waals surface area (Å²) in [6, 6.07) is 0. The van der Waals surface area contributed by atoms with Crippen molar-refractivity contribution in [3.8, 4) is 12.3 Å². The van der Waals surface area contributed by atoms with Crippen molar-refractivity contribution in [2.75, 3.05) is 24.3 Å². The van der Waals surface area contributed by atoms with Gasteiger partial charge in [-0.05, 0) is 0 Å². The third-order valence-electron chi connectivity index (χ3n) is 1.12. The topological polar surface area (TPSA) is 80.3 Å². The van der Waals surface area contributed by atoms with Crippen molar-refractivity contribution >= 4 is 19.9 Å². The summed E-state index contributed by atoms with van der Waals surface area (Å²) < 4.78 is 45.2. The van der Waals surface area contributed by atoms with Gasteiger partial charge in [-0.2, -0.15) is 0 Å². The van der Waals surface area contributed by atoms with E-state index in [0.717, 1.165) is 6.26 Å². The maximum Gasteiger partial charge on any atom is 0.213 e. The van der Waals surface area contributed by atoms with Gasteiger partial charge < -0.3 is 0 Å². The van der Waals surface area contributed by atoms with Crippen LogP contribution in [0.2, 0.25) is 0 Å². The van der Waals surface area contributed by atoms with E-state index in [-0.39, 0.29) is 6.54 Å². The first-order valence-corrected chi connectivity index (χ1v) is 7.06. The van der Waals surface area contributed by atoms with Gasteiger partial charge in [-0.3, -0.25) is 0 Å². The van der Waals surface area contributed by atoms with Crippen molar-refractivity contribution in [1.82, 2.24) is 4.72 Å². The summed E-state index contributed by atoms with van der Waals surface area (Å²) in [6.07, 6.45) is 5.80. The first-order valence-electron chi connectivity index (χ1n) is 3.35. The van der Waals surface area contributed by atoms with Crippen molar-refractivity contribution < 1.29 is 16.8 Å². The van der Waals surface area contributed by atoms with Crippen LogP contribution in [0.3, 0.4) is 0 Å². The fourth-order valence-corrected chi connectivity index (χ4v) is 3.02. The normalized spacial score (nSPS) is 12.3. The second-order valence-electron chi connectivity index (χ2n) is 2.47. The molecule has 0 aromatic rings. The van der Waals surface area contributed by atoms with E-state index in [0.29, 0.717) is 0 Å². The summed E-state index contributed by atoms with van der Waals surface area (Å²) in [5.41, 5.74) is 0. The van der Waals surface area contributed by atoms with E-state index in [1.807, 2.05) is 0 Å². The predicted molar refractivity (Wildman–Crippen MR) is 50.3 cm³/mol. The first kappa shape index (κ1) is 12.4. The molecule has 0 aliphatic carbocycles. The number of rotatable bonds is 5. The molecule has 13 heavy (non-hydrogen) atoms. The van der Waals surface area contributed by atoms with Crippen LogP contribution >= 0.6 is 0 Å². The zero-order valence-electron chi connectivity index (χ0n) is 7.15. The minimum Gasteiger partial charge on any atom is -0.229 e. The third-order valence-corrected chi connectivity index (χ3v) is 3.65. The second kappa shape index (κ2) is 4.60. The van der Waals surface area contributed by atoms with Crippen LogP contribution in [0.25, 0.3) is 0 Å². The molecule has 1 N–H and O–H groups in total. The molecule has 76 valence electrons. The molecule has 0 heterocycles. The van der Waals surface area contributed by atoms with E-state index in [4.69, 9.17) is 6.42 Å². The lowest BCUT2D eigenvalue weighted by Crippen LogP contribution is -2.29. The largest absolute Gasteiger partial charge is 0.229 e. The lowest BCUT2D eigenvalue weighted by Gasteiger charge is -2.01. The number of nitrogens with one attached hydrogen (secondary N) is 1. The van der Waals surface area contributed by atoms with Gasteiger partial charge in [-0.25, -0.2) is 21.6 Å². The van der Waals surface area contributed by atoms with Crippen molar-refractivity contribution in [3.63, 3.8) is 0 Å². The molecule has 0 aromatic heterocycles. The average Bonchev–Trinajstić information content (AvgIpc) is 1.97. The van der Waals surface area contributed by atoms with Gasteiger partial charge in [0.05, 0.1) is 18.1 Å². The summed E-state index contributed by atoms with van der Waals surface area (Å²) >= 11 is 0. The molecule has 0 aliphatic rings. The molecule has 0 spiro atoms. The molecule has 0 fully saturated rings. The predicted octanol–water partition coefficient (Wildman–Crippen LogP) is -1.42. The van der Waals surface area contributed by atoms with Crippen LogP contribution in [-0.4, -0.2) is 41.1 Å². The number of terminal acetylenes is 1. The van der Waals surface area contributed by atoms with Crippen LogP contribution in [0.1, 0.15) is 0 Å². The Morgan fingerprint density at radius 2 is 1.77 bits per heavy atom. The number of hydrogen-bond donors (Lipinski definition) is 1. The minimum atomic E-state index is -3.55. The molecule has 0 radical (unpaired) electrons. The molecule has 0 unspecified atom stereocenters. The molecule has 5 nitrogen and oxygen atoms in total. The van der Waals surface area contributed by atoms with Gasteiger partial charge in [0.2, 0.25) is 10.0 Å². The Morgan fingerprint density at radius 3 is 2.15 bits per heavy atom. The highest BCUT2D eigenvalue weighted by Crippen LogP contribution is 1.88. The quantitative estimate of drug-likeness (QED) is 0.583. The van der Waals surface area contributed by atoms with E-state index in [1.54, 1.807) is 0 Å². The van der Waals surface area contributed by atoms with Crippen molar-refractivity contribution in [2.45, 2.75) is 0 Å². The zero-order valence-corrected chi connectivity index (χ0v) is 8.78. The van der Waals surface area contributed by atoms with E-state index in [1.165, 1.54) is 0 Å². The maximum atomic E-state index is 11.0. The van der Waals surface area contributed by atoms with Crippen LogP contribution in [0, 0.1) is 12.3 Å². The first-order chi connectivity index (χ1) is 5.77. The van der Waals surface area contributed by atoms with Crippen molar-refractivity contribution in [2.24, 2.45) is 0 Å². The maximum absolute atomic E-state index is 11.0. The molecule has 0 bridgehead atoms. The third kappa shape index (κ3) is 7.77. The van der Waals surface area contributed by atoms with E-state index >= 15 is 0 Å². The van der Waals surface area contributed by atoms with Crippen molar-refractivity contribution in [1.29, 1.82) is 0 Å². The fraction of sp³-hybridized carbons (Fsp3) is 0.667. The van der Waals surface area contributed by atoms with Crippen LogP contribution in [0.5, 0.6) is 0 Å². The van der Waals surface area contributed by atoms with E-state index < -0.39 is 31.4 Å². The van der Waals surface area contributed by atoms with Crippen LogP contribution in [0.15, 0.2) is 0 Å². The lowest BCUT2D eigenvalue weighted by atomic mass is 10.7. The Hall–Kier alpha value is -0.580. The molecular weight excluding hydrogens is 214 g/mol. The summed E-state index contributed by atoms with van der Waals surface area (Å²) in [4.78, 5) is 0. The lowest BCUT2D eigenvalue weighted by molar-refractivity contribution is 0.582. The summed E-state index contributed by atoms with van der Waals surface area (Å²) in [7, 11) is -6.80. The van der Waals surface area contributed by atoms with E-state index in [2.05, 4.69) is 10.6 Å². The molecule has 0 amide bonds. The highest BCUT2D eigenvalue weighted by Gasteiger charge is 2.12. The van der Waals surface area contributed by atoms with Gasteiger partial charge in [0, 0.05) is 6.26 Å². The smallest absolute Gasteiger partial charge is 0.213 e. The summed E-state index contributed by atoms with van der Waals surface area (Å²) in [6.45, 7) is -0.119. The van der Waals surface area contributed by atoms with Crippen LogP contribution in [0.4, 0.5) is 0 Å². The summed E-state index contributed by atoms with van der Waals surface area (Å²) in [5, 5.41) is 0. The van der Waals surface area contributed by atoms with Gasteiger partial charge in [-0.1, -0.05) is 5.92 Å². The number of hydrogen-bond acceptors (Lipinski definition) is 4. The highest BCUT2D eigenvalue weighted by atomic mass is 32.2. The summed E-state index contributed by atoms with van der Waals surface area (Å²) in [5.74, 6) is 1.23. The standard InChI is InChI=1S/C6H11NO4S2/c1-3-4-7-13(10,11)6-5-12(2,8)9/h1,7H,4-6H2,2H3. The number of sulfone groups is 1. The van der Waals surface area contributed by atoms with Gasteiger partial charge in [0.25, 0.3) is 0 Å². The monoisotopic (exact) mass is 225 g/mol. The molecule has 0 saturated carbocycles. The molecular formula is C6H11NO4S2. The highest BCUT2D eigenvalue weighted by molar-refractivity contribution is 7.93. The zero-order chi connectivity index (χ0) is 10.5. The van der Waals surface area contributed by atoms with Gasteiger partial charge in [-0.15, -0.1) is 6.42 Å². The van der Waals surface area contributed by atoms with Crippen molar-refractivity contribution in [3.05, 3.63) is 0 Å².